The third-order valence-corrected chi connectivity index (χ3v) is 3.46. The second-order valence-corrected chi connectivity index (χ2v) is 5.28. The van der Waals surface area contributed by atoms with Crippen molar-refractivity contribution in [1.82, 2.24) is 9.88 Å². The number of nitrogens with one attached hydrogen (secondary N) is 1. The van der Waals surface area contributed by atoms with Gasteiger partial charge in [0.2, 0.25) is 5.91 Å². The molecule has 2 heterocycles. The maximum atomic E-state index is 12.2. The molecule has 18 heavy (non-hydrogen) atoms. The van der Waals surface area contributed by atoms with Crippen LogP contribution in [0, 0.1) is 0 Å². The number of halogens is 1. The number of amides is 1. The Hall–Kier alpha value is -1.13. The van der Waals surface area contributed by atoms with Gasteiger partial charge in [-0.3, -0.25) is 9.69 Å². The first-order valence-electron chi connectivity index (χ1n) is 6.26. The average molecular weight is 268 g/mol. The van der Waals surface area contributed by atoms with Gasteiger partial charge < -0.3 is 5.32 Å². The summed E-state index contributed by atoms with van der Waals surface area (Å²) in [5.41, 5.74) is 0. The van der Waals surface area contributed by atoms with Crippen molar-refractivity contribution in [3.63, 3.8) is 0 Å². The summed E-state index contributed by atoms with van der Waals surface area (Å²) in [5.74, 6) is 0.580. The van der Waals surface area contributed by atoms with E-state index in [-0.39, 0.29) is 11.9 Å². The molecule has 98 valence electrons. The molecule has 1 aromatic rings. The Morgan fingerprint density at radius 1 is 1.56 bits per heavy atom. The van der Waals surface area contributed by atoms with E-state index >= 15 is 0 Å². The van der Waals surface area contributed by atoms with Gasteiger partial charge in [0.15, 0.2) is 0 Å². The summed E-state index contributed by atoms with van der Waals surface area (Å²) in [6.45, 7) is 5.22. The van der Waals surface area contributed by atoms with E-state index in [4.69, 9.17) is 11.6 Å². The molecule has 0 bridgehead atoms. The highest BCUT2D eigenvalue weighted by molar-refractivity contribution is 6.30. The largest absolute Gasteiger partial charge is 0.309 e. The van der Waals surface area contributed by atoms with Crippen molar-refractivity contribution in [3.8, 4) is 0 Å². The summed E-state index contributed by atoms with van der Waals surface area (Å²) >= 11 is 5.76. The monoisotopic (exact) mass is 267 g/mol. The molecule has 1 saturated heterocycles. The van der Waals surface area contributed by atoms with Gasteiger partial charge in [-0.2, -0.15) is 0 Å². The van der Waals surface area contributed by atoms with Crippen LogP contribution in [0.15, 0.2) is 18.3 Å². The second-order valence-electron chi connectivity index (χ2n) is 4.84. The molecule has 1 aromatic heterocycles. The standard InChI is InChI=1S/C13H18ClN3O/c1-9(2)17-7-3-4-11(17)13(18)16-12-6-5-10(14)8-15-12/h5-6,8-9,11H,3-4,7H2,1-2H3,(H,15,16,18). The first-order valence-corrected chi connectivity index (χ1v) is 6.64. The van der Waals surface area contributed by atoms with Gasteiger partial charge in [0.1, 0.15) is 5.82 Å². The highest BCUT2D eigenvalue weighted by atomic mass is 35.5. The van der Waals surface area contributed by atoms with Crippen molar-refractivity contribution in [2.45, 2.75) is 38.8 Å². The van der Waals surface area contributed by atoms with Gasteiger partial charge in [-0.05, 0) is 45.4 Å². The molecule has 1 N–H and O–H groups in total. The predicted octanol–water partition coefficient (Wildman–Crippen LogP) is 2.55. The van der Waals surface area contributed by atoms with E-state index in [0.717, 1.165) is 19.4 Å². The average Bonchev–Trinajstić information content (AvgIpc) is 2.81. The summed E-state index contributed by atoms with van der Waals surface area (Å²) in [6, 6.07) is 3.79. The van der Waals surface area contributed by atoms with Gasteiger partial charge >= 0.3 is 0 Å². The Labute approximate surface area is 112 Å². The number of hydrogen-bond donors (Lipinski definition) is 1. The van der Waals surface area contributed by atoms with Crippen molar-refractivity contribution in [2.24, 2.45) is 0 Å². The van der Waals surface area contributed by atoms with E-state index in [1.807, 2.05) is 0 Å². The zero-order chi connectivity index (χ0) is 13.1. The molecule has 5 heteroatoms. The van der Waals surface area contributed by atoms with Crippen LogP contribution in [0.25, 0.3) is 0 Å². The predicted molar refractivity (Wildman–Crippen MR) is 72.7 cm³/mol. The van der Waals surface area contributed by atoms with Crippen molar-refractivity contribution in [2.75, 3.05) is 11.9 Å². The summed E-state index contributed by atoms with van der Waals surface area (Å²) in [7, 11) is 0. The van der Waals surface area contributed by atoms with E-state index in [9.17, 15) is 4.79 Å². The smallest absolute Gasteiger partial charge is 0.242 e. The van der Waals surface area contributed by atoms with Crippen LogP contribution >= 0.6 is 11.6 Å². The minimum Gasteiger partial charge on any atom is -0.309 e. The Bertz CT molecular complexity index is 419. The van der Waals surface area contributed by atoms with Crippen molar-refractivity contribution >= 4 is 23.3 Å². The fraction of sp³-hybridized carbons (Fsp3) is 0.538. The number of carbonyl (C=O) groups is 1. The number of aromatic nitrogens is 1. The number of carbonyl (C=O) groups excluding carboxylic acids is 1. The topological polar surface area (TPSA) is 45.2 Å². The fourth-order valence-electron chi connectivity index (χ4n) is 2.35. The maximum Gasteiger partial charge on any atom is 0.242 e. The molecular formula is C13H18ClN3O. The first-order chi connectivity index (χ1) is 8.58. The fourth-order valence-corrected chi connectivity index (χ4v) is 2.46. The van der Waals surface area contributed by atoms with Crippen LogP contribution < -0.4 is 5.32 Å². The Kier molecular flexibility index (Phi) is 4.19. The zero-order valence-corrected chi connectivity index (χ0v) is 11.4. The number of nitrogens with zero attached hydrogens (tertiary/aromatic N) is 2. The summed E-state index contributed by atoms with van der Waals surface area (Å²) in [4.78, 5) is 18.5. The lowest BCUT2D eigenvalue weighted by Crippen LogP contribution is -2.43. The minimum atomic E-state index is -0.0394. The molecule has 0 aliphatic carbocycles. The molecule has 0 aromatic carbocycles. The molecule has 1 atom stereocenters. The van der Waals surface area contributed by atoms with Crippen molar-refractivity contribution in [1.29, 1.82) is 0 Å². The normalized spacial score (nSPS) is 20.3. The van der Waals surface area contributed by atoms with E-state index in [1.54, 1.807) is 12.1 Å². The lowest BCUT2D eigenvalue weighted by molar-refractivity contribution is -0.120. The summed E-state index contributed by atoms with van der Waals surface area (Å²) in [5, 5.41) is 3.41. The van der Waals surface area contributed by atoms with Gasteiger partial charge in [-0.25, -0.2) is 4.98 Å². The first kappa shape index (κ1) is 13.3. The molecule has 2 rings (SSSR count). The van der Waals surface area contributed by atoms with Gasteiger partial charge in [0, 0.05) is 12.2 Å². The number of hydrogen-bond acceptors (Lipinski definition) is 3. The molecule has 0 spiro atoms. The number of likely N-dealkylation sites (tertiary alicyclic amines) is 1. The van der Waals surface area contributed by atoms with E-state index in [0.29, 0.717) is 16.9 Å². The lowest BCUT2D eigenvalue weighted by atomic mass is 10.2. The van der Waals surface area contributed by atoms with Gasteiger partial charge in [-0.15, -0.1) is 0 Å². The molecule has 4 nitrogen and oxygen atoms in total. The van der Waals surface area contributed by atoms with Gasteiger partial charge in [0.05, 0.1) is 11.1 Å². The highest BCUT2D eigenvalue weighted by Crippen LogP contribution is 2.21. The van der Waals surface area contributed by atoms with Crippen LogP contribution in [-0.4, -0.2) is 34.4 Å². The molecule has 1 aliphatic rings. The Balaban J connectivity index is 2.01. The molecule has 0 saturated carbocycles. The number of pyridine rings is 1. The van der Waals surface area contributed by atoms with E-state index < -0.39 is 0 Å². The third kappa shape index (κ3) is 3.00. The van der Waals surface area contributed by atoms with E-state index in [2.05, 4.69) is 29.0 Å². The van der Waals surface area contributed by atoms with Crippen LogP contribution in [0.1, 0.15) is 26.7 Å². The maximum absolute atomic E-state index is 12.2. The number of anilines is 1. The van der Waals surface area contributed by atoms with Crippen molar-refractivity contribution < 1.29 is 4.79 Å². The van der Waals surface area contributed by atoms with Gasteiger partial charge in [0.25, 0.3) is 0 Å². The summed E-state index contributed by atoms with van der Waals surface area (Å²) in [6.07, 6.45) is 3.52. The second kappa shape index (κ2) is 5.67. The van der Waals surface area contributed by atoms with Crippen LogP contribution in [0.4, 0.5) is 5.82 Å². The molecule has 1 fully saturated rings. The van der Waals surface area contributed by atoms with Gasteiger partial charge in [-0.1, -0.05) is 11.6 Å². The Morgan fingerprint density at radius 2 is 2.33 bits per heavy atom. The van der Waals surface area contributed by atoms with Crippen LogP contribution in [-0.2, 0) is 4.79 Å². The molecule has 1 aliphatic heterocycles. The minimum absolute atomic E-state index is 0.0241. The lowest BCUT2D eigenvalue weighted by Gasteiger charge is -2.27. The molecule has 0 radical (unpaired) electrons. The van der Waals surface area contributed by atoms with Crippen LogP contribution in [0.2, 0.25) is 5.02 Å². The third-order valence-electron chi connectivity index (χ3n) is 3.24. The van der Waals surface area contributed by atoms with Crippen LogP contribution in [0.5, 0.6) is 0 Å². The van der Waals surface area contributed by atoms with E-state index in [1.165, 1.54) is 6.20 Å². The van der Waals surface area contributed by atoms with Crippen molar-refractivity contribution in [3.05, 3.63) is 23.4 Å². The highest BCUT2D eigenvalue weighted by Gasteiger charge is 2.32. The number of rotatable bonds is 3. The quantitative estimate of drug-likeness (QED) is 0.915. The Morgan fingerprint density at radius 3 is 2.94 bits per heavy atom. The molecule has 1 unspecified atom stereocenters. The summed E-state index contributed by atoms with van der Waals surface area (Å²) < 4.78 is 0. The SMILES string of the molecule is CC(C)N1CCCC1C(=O)Nc1ccc(Cl)cn1. The molecule has 1 amide bonds. The molecular weight excluding hydrogens is 250 g/mol. The van der Waals surface area contributed by atoms with Crippen LogP contribution in [0.3, 0.4) is 0 Å². The zero-order valence-electron chi connectivity index (χ0n) is 10.7.